The van der Waals surface area contributed by atoms with Gasteiger partial charge in [0.2, 0.25) is 12.7 Å². The maximum atomic E-state index is 12.6. The predicted molar refractivity (Wildman–Crippen MR) is 96.0 cm³/mol. The van der Waals surface area contributed by atoms with Gasteiger partial charge < -0.3 is 14.4 Å². The smallest absolute Gasteiger partial charge is 0.236 e. The molecule has 1 atom stereocenters. The van der Waals surface area contributed by atoms with Crippen LogP contribution in [0.15, 0.2) is 18.2 Å². The highest BCUT2D eigenvalue weighted by Crippen LogP contribution is 2.37. The Labute approximate surface area is 149 Å². The summed E-state index contributed by atoms with van der Waals surface area (Å²) < 4.78 is 10.9. The van der Waals surface area contributed by atoms with Gasteiger partial charge in [0.25, 0.3) is 0 Å². The zero-order valence-electron chi connectivity index (χ0n) is 15.1. The fraction of sp³-hybridized carbons (Fsp3) is 0.650. The fourth-order valence-electron chi connectivity index (χ4n) is 4.34. The monoisotopic (exact) mass is 344 g/mol. The molecular weight excluding hydrogens is 316 g/mol. The average Bonchev–Trinajstić information content (AvgIpc) is 3.10. The molecule has 25 heavy (non-hydrogen) atoms. The summed E-state index contributed by atoms with van der Waals surface area (Å²) in [6.45, 7) is 6.02. The molecule has 5 nitrogen and oxygen atoms in total. The van der Waals surface area contributed by atoms with Gasteiger partial charge in [-0.1, -0.05) is 6.07 Å². The zero-order chi connectivity index (χ0) is 17.2. The van der Waals surface area contributed by atoms with Crippen LogP contribution in [-0.4, -0.2) is 54.7 Å². The lowest BCUT2D eigenvalue weighted by atomic mass is 9.89. The molecule has 0 saturated carbocycles. The molecule has 1 aromatic rings. The van der Waals surface area contributed by atoms with Crippen LogP contribution in [0, 0.1) is 0 Å². The van der Waals surface area contributed by atoms with Gasteiger partial charge in [-0.2, -0.15) is 0 Å². The van der Waals surface area contributed by atoms with E-state index in [-0.39, 0.29) is 0 Å². The van der Waals surface area contributed by atoms with Crippen molar-refractivity contribution < 1.29 is 14.3 Å². The first-order chi connectivity index (χ1) is 12.2. The molecule has 5 heteroatoms. The lowest BCUT2D eigenvalue weighted by Crippen LogP contribution is -2.48. The van der Waals surface area contributed by atoms with Gasteiger partial charge in [-0.25, -0.2) is 0 Å². The Kier molecular flexibility index (Phi) is 4.84. The molecule has 3 aliphatic heterocycles. The first-order valence-corrected chi connectivity index (χ1v) is 9.62. The number of hydrogen-bond acceptors (Lipinski definition) is 4. The maximum Gasteiger partial charge on any atom is 0.236 e. The molecule has 0 N–H and O–H groups in total. The van der Waals surface area contributed by atoms with E-state index >= 15 is 0 Å². The molecule has 3 heterocycles. The second-order valence-electron chi connectivity index (χ2n) is 7.60. The summed E-state index contributed by atoms with van der Waals surface area (Å²) in [6, 6.07) is 6.72. The minimum Gasteiger partial charge on any atom is -0.454 e. The number of nitrogens with zero attached hydrogens (tertiary/aromatic N) is 2. The lowest BCUT2D eigenvalue weighted by Gasteiger charge is -2.37. The molecule has 2 fully saturated rings. The number of likely N-dealkylation sites (tertiary alicyclic amines) is 2. The molecule has 4 rings (SSSR count). The van der Waals surface area contributed by atoms with E-state index in [2.05, 4.69) is 28.9 Å². The summed E-state index contributed by atoms with van der Waals surface area (Å²) in [6.07, 6.45) is 5.76. The van der Waals surface area contributed by atoms with Gasteiger partial charge in [-0.05, 0) is 75.7 Å². The van der Waals surface area contributed by atoms with E-state index in [1.807, 2.05) is 6.07 Å². The van der Waals surface area contributed by atoms with E-state index in [0.29, 0.717) is 31.2 Å². The van der Waals surface area contributed by atoms with E-state index < -0.39 is 0 Å². The largest absolute Gasteiger partial charge is 0.454 e. The van der Waals surface area contributed by atoms with Gasteiger partial charge in [0.15, 0.2) is 11.5 Å². The number of ether oxygens (including phenoxy) is 2. The Bertz CT molecular complexity index is 625. The second kappa shape index (κ2) is 7.24. The maximum absolute atomic E-state index is 12.6. The Hall–Kier alpha value is -1.75. The van der Waals surface area contributed by atoms with Crippen LogP contribution in [0.25, 0.3) is 0 Å². The first kappa shape index (κ1) is 16.7. The number of fused-ring (bicyclic) bond motifs is 1. The number of amides is 1. The van der Waals surface area contributed by atoms with Gasteiger partial charge in [0.1, 0.15) is 0 Å². The van der Waals surface area contributed by atoms with Crippen LogP contribution in [0.5, 0.6) is 11.5 Å². The number of benzene rings is 1. The molecule has 3 aliphatic rings. The highest BCUT2D eigenvalue weighted by molar-refractivity contribution is 5.78. The first-order valence-electron chi connectivity index (χ1n) is 9.62. The molecule has 1 aromatic carbocycles. The van der Waals surface area contributed by atoms with Crippen molar-refractivity contribution in [2.24, 2.45) is 0 Å². The van der Waals surface area contributed by atoms with Gasteiger partial charge in [-0.3, -0.25) is 9.69 Å². The second-order valence-corrected chi connectivity index (χ2v) is 7.60. The third-order valence-electron chi connectivity index (χ3n) is 5.94. The van der Waals surface area contributed by atoms with Crippen LogP contribution < -0.4 is 9.47 Å². The minimum absolute atomic E-state index is 0.314. The van der Waals surface area contributed by atoms with Crippen LogP contribution in [0.1, 0.15) is 50.5 Å². The minimum atomic E-state index is 0.314. The summed E-state index contributed by atoms with van der Waals surface area (Å²) >= 11 is 0. The molecule has 2 saturated heterocycles. The van der Waals surface area contributed by atoms with Gasteiger partial charge in [0.05, 0.1) is 6.54 Å². The molecule has 1 unspecified atom stereocenters. The number of hydrogen-bond donors (Lipinski definition) is 0. The van der Waals surface area contributed by atoms with Crippen molar-refractivity contribution in [3.63, 3.8) is 0 Å². The number of piperidine rings is 2. The summed E-state index contributed by atoms with van der Waals surface area (Å²) in [5.74, 6) is 2.58. The SMILES string of the molecule is CC1CCCCN1C(=O)CN1CCC(c2ccc3c(c2)OCO3)CC1. The fourth-order valence-corrected chi connectivity index (χ4v) is 4.34. The summed E-state index contributed by atoms with van der Waals surface area (Å²) in [5.41, 5.74) is 1.33. The molecule has 0 bridgehead atoms. The Morgan fingerprint density at radius 2 is 1.88 bits per heavy atom. The predicted octanol–water partition coefficient (Wildman–Crippen LogP) is 3.00. The Balaban J connectivity index is 1.30. The van der Waals surface area contributed by atoms with Gasteiger partial charge >= 0.3 is 0 Å². The molecule has 0 spiro atoms. The van der Waals surface area contributed by atoms with Crippen LogP contribution >= 0.6 is 0 Å². The van der Waals surface area contributed by atoms with Crippen molar-refractivity contribution in [3.8, 4) is 11.5 Å². The molecule has 0 aliphatic carbocycles. The Morgan fingerprint density at radius 3 is 2.68 bits per heavy atom. The summed E-state index contributed by atoms with van der Waals surface area (Å²) in [5, 5.41) is 0. The van der Waals surface area contributed by atoms with Crippen molar-refractivity contribution in [1.82, 2.24) is 9.80 Å². The van der Waals surface area contributed by atoms with Crippen molar-refractivity contribution >= 4 is 5.91 Å². The van der Waals surface area contributed by atoms with Crippen LogP contribution in [0.2, 0.25) is 0 Å². The normalized spacial score (nSPS) is 24.5. The van der Waals surface area contributed by atoms with Crippen LogP contribution in [-0.2, 0) is 4.79 Å². The van der Waals surface area contributed by atoms with E-state index in [0.717, 1.165) is 56.8 Å². The highest BCUT2D eigenvalue weighted by atomic mass is 16.7. The molecule has 136 valence electrons. The topological polar surface area (TPSA) is 42.0 Å². The standard InChI is InChI=1S/C20H28N2O3/c1-15-4-2-3-9-22(15)20(23)13-21-10-7-16(8-11-21)17-5-6-18-19(12-17)25-14-24-18/h5-6,12,15-16H,2-4,7-11,13-14H2,1H3. The molecular formula is C20H28N2O3. The molecule has 0 aromatic heterocycles. The molecule has 0 radical (unpaired) electrons. The van der Waals surface area contributed by atoms with E-state index in [1.54, 1.807) is 0 Å². The average molecular weight is 344 g/mol. The lowest BCUT2D eigenvalue weighted by molar-refractivity contribution is -0.135. The number of carbonyl (C=O) groups excluding carboxylic acids is 1. The zero-order valence-corrected chi connectivity index (χ0v) is 15.1. The number of carbonyl (C=O) groups is 1. The Morgan fingerprint density at radius 1 is 1.08 bits per heavy atom. The third kappa shape index (κ3) is 3.61. The van der Waals surface area contributed by atoms with E-state index in [1.165, 1.54) is 12.0 Å². The third-order valence-corrected chi connectivity index (χ3v) is 5.94. The van der Waals surface area contributed by atoms with Crippen molar-refractivity contribution in [3.05, 3.63) is 23.8 Å². The summed E-state index contributed by atoms with van der Waals surface area (Å²) in [7, 11) is 0. The van der Waals surface area contributed by atoms with Gasteiger partial charge in [0, 0.05) is 12.6 Å². The van der Waals surface area contributed by atoms with E-state index in [4.69, 9.17) is 9.47 Å². The van der Waals surface area contributed by atoms with Crippen LogP contribution in [0.4, 0.5) is 0 Å². The quantitative estimate of drug-likeness (QED) is 0.845. The van der Waals surface area contributed by atoms with Crippen molar-refractivity contribution in [1.29, 1.82) is 0 Å². The highest BCUT2D eigenvalue weighted by Gasteiger charge is 2.27. The van der Waals surface area contributed by atoms with Crippen molar-refractivity contribution in [2.75, 3.05) is 33.0 Å². The van der Waals surface area contributed by atoms with Crippen LogP contribution in [0.3, 0.4) is 0 Å². The van der Waals surface area contributed by atoms with E-state index in [9.17, 15) is 4.79 Å². The summed E-state index contributed by atoms with van der Waals surface area (Å²) in [4.78, 5) is 17.0. The number of rotatable bonds is 3. The van der Waals surface area contributed by atoms with Crippen molar-refractivity contribution in [2.45, 2.75) is 51.0 Å². The van der Waals surface area contributed by atoms with Gasteiger partial charge in [-0.15, -0.1) is 0 Å². The molecule has 1 amide bonds.